The lowest BCUT2D eigenvalue weighted by Crippen LogP contribution is -2.39. The largest absolute Gasteiger partial charge is 0.350 e. The predicted octanol–water partition coefficient (Wildman–Crippen LogP) is 2.09. The summed E-state index contributed by atoms with van der Waals surface area (Å²) in [6, 6.07) is 9.96. The van der Waals surface area contributed by atoms with Gasteiger partial charge in [0.25, 0.3) is 0 Å². The van der Waals surface area contributed by atoms with Crippen LogP contribution in [0.1, 0.15) is 18.4 Å². The average Bonchev–Trinajstić information content (AvgIpc) is 3.29. The molecule has 0 unspecified atom stereocenters. The Labute approximate surface area is 146 Å². The minimum absolute atomic E-state index is 0.232. The van der Waals surface area contributed by atoms with Crippen molar-refractivity contribution in [3.63, 3.8) is 0 Å². The molecule has 1 aliphatic rings. The van der Waals surface area contributed by atoms with Crippen LogP contribution in [0.15, 0.2) is 47.4 Å². The van der Waals surface area contributed by atoms with Crippen LogP contribution in [0, 0.1) is 5.82 Å². The van der Waals surface area contributed by atoms with Crippen LogP contribution in [-0.4, -0.2) is 20.1 Å². The van der Waals surface area contributed by atoms with Crippen LogP contribution >= 0.6 is 11.6 Å². The van der Waals surface area contributed by atoms with Crippen molar-refractivity contribution < 1.29 is 9.18 Å². The normalized spacial score (nSPS) is 15.3. The fourth-order valence-electron chi connectivity index (χ4n) is 2.93. The Kier molecular flexibility index (Phi) is 3.61. The van der Waals surface area contributed by atoms with Crippen molar-refractivity contribution in [3.05, 3.63) is 69.5 Å². The average molecular weight is 361 g/mol. The summed E-state index contributed by atoms with van der Waals surface area (Å²) in [7, 11) is 0. The Balaban J connectivity index is 1.55. The van der Waals surface area contributed by atoms with Gasteiger partial charge in [-0.1, -0.05) is 23.7 Å². The highest BCUT2D eigenvalue weighted by atomic mass is 35.5. The van der Waals surface area contributed by atoms with E-state index in [0.717, 1.165) is 33.7 Å². The number of carbonyl (C=O) groups is 1. The maximum absolute atomic E-state index is 13.3. The molecule has 0 atom stereocenters. The van der Waals surface area contributed by atoms with Gasteiger partial charge in [-0.3, -0.25) is 4.79 Å². The third-order valence-corrected chi connectivity index (χ3v) is 4.58. The van der Waals surface area contributed by atoms with Gasteiger partial charge in [-0.25, -0.2) is 18.3 Å². The van der Waals surface area contributed by atoms with Gasteiger partial charge in [0.2, 0.25) is 5.91 Å². The highest BCUT2D eigenvalue weighted by molar-refractivity contribution is 6.30. The fourth-order valence-corrected chi connectivity index (χ4v) is 3.13. The SMILES string of the molecule is O=C(Cn1nc2ccc(F)cn2c1=O)NC1(c2cccc(Cl)c2)CC1. The van der Waals surface area contributed by atoms with Crippen LogP contribution in [0.3, 0.4) is 0 Å². The van der Waals surface area contributed by atoms with Crippen molar-refractivity contribution in [2.45, 2.75) is 24.9 Å². The quantitative estimate of drug-likeness (QED) is 0.774. The van der Waals surface area contributed by atoms with Gasteiger partial charge >= 0.3 is 5.69 Å². The molecule has 1 aliphatic carbocycles. The molecule has 128 valence electrons. The van der Waals surface area contributed by atoms with Crippen LogP contribution < -0.4 is 11.0 Å². The van der Waals surface area contributed by atoms with E-state index in [1.165, 1.54) is 12.1 Å². The number of carbonyl (C=O) groups excluding carboxylic acids is 1. The summed E-state index contributed by atoms with van der Waals surface area (Å²) in [5, 5.41) is 7.62. The van der Waals surface area contributed by atoms with Crippen molar-refractivity contribution in [2.75, 3.05) is 0 Å². The molecule has 25 heavy (non-hydrogen) atoms. The van der Waals surface area contributed by atoms with E-state index in [1.807, 2.05) is 18.2 Å². The van der Waals surface area contributed by atoms with E-state index in [9.17, 15) is 14.0 Å². The molecule has 1 saturated carbocycles. The van der Waals surface area contributed by atoms with Crippen molar-refractivity contribution in [3.8, 4) is 0 Å². The lowest BCUT2D eigenvalue weighted by Gasteiger charge is -2.18. The second-order valence-corrected chi connectivity index (χ2v) is 6.59. The first-order valence-electron chi connectivity index (χ1n) is 7.79. The summed E-state index contributed by atoms with van der Waals surface area (Å²) in [6.45, 7) is -0.232. The molecule has 2 aromatic heterocycles. The lowest BCUT2D eigenvalue weighted by molar-refractivity contribution is -0.123. The van der Waals surface area contributed by atoms with Crippen LogP contribution in [0.2, 0.25) is 5.02 Å². The minimum atomic E-state index is -0.558. The predicted molar refractivity (Wildman–Crippen MR) is 89.9 cm³/mol. The molecular weight excluding hydrogens is 347 g/mol. The van der Waals surface area contributed by atoms with E-state index < -0.39 is 17.0 Å². The molecule has 1 amide bonds. The van der Waals surface area contributed by atoms with Crippen molar-refractivity contribution >= 4 is 23.2 Å². The molecule has 1 fully saturated rings. The molecule has 0 spiro atoms. The first-order chi connectivity index (χ1) is 12.0. The molecule has 4 rings (SSSR count). The summed E-state index contributed by atoms with van der Waals surface area (Å²) in [5.41, 5.74) is 0.238. The molecule has 3 aromatic rings. The highest BCUT2D eigenvalue weighted by Crippen LogP contribution is 2.45. The number of hydrogen-bond donors (Lipinski definition) is 1. The molecule has 6 nitrogen and oxygen atoms in total. The monoisotopic (exact) mass is 360 g/mol. The number of aromatic nitrogens is 3. The van der Waals surface area contributed by atoms with E-state index in [2.05, 4.69) is 10.4 Å². The second-order valence-electron chi connectivity index (χ2n) is 6.16. The van der Waals surface area contributed by atoms with Gasteiger partial charge in [0.05, 0.1) is 11.7 Å². The number of rotatable bonds is 4. The van der Waals surface area contributed by atoms with E-state index in [4.69, 9.17) is 11.6 Å². The summed E-state index contributed by atoms with van der Waals surface area (Å²) in [4.78, 5) is 24.6. The number of nitrogens with one attached hydrogen (secondary N) is 1. The van der Waals surface area contributed by atoms with Crippen LogP contribution in [0.5, 0.6) is 0 Å². The third-order valence-electron chi connectivity index (χ3n) is 4.34. The summed E-state index contributed by atoms with van der Waals surface area (Å²) >= 11 is 6.02. The standard InChI is InChI=1S/C17H14ClFN4O2/c18-12-3-1-2-11(8-12)17(6-7-17)20-15(24)10-23-16(25)22-9-13(19)4-5-14(22)21-23/h1-5,8-9H,6-7,10H2,(H,20,24). The molecule has 0 radical (unpaired) electrons. The lowest BCUT2D eigenvalue weighted by atomic mass is 10.1. The highest BCUT2D eigenvalue weighted by Gasteiger charge is 2.45. The minimum Gasteiger partial charge on any atom is -0.345 e. The van der Waals surface area contributed by atoms with E-state index in [1.54, 1.807) is 6.07 Å². The third kappa shape index (κ3) is 2.91. The van der Waals surface area contributed by atoms with Crippen LogP contribution in [-0.2, 0) is 16.9 Å². The van der Waals surface area contributed by atoms with Gasteiger partial charge in [0.15, 0.2) is 5.65 Å². The zero-order valence-corrected chi connectivity index (χ0v) is 13.8. The van der Waals surface area contributed by atoms with Crippen molar-refractivity contribution in [2.24, 2.45) is 0 Å². The molecule has 0 aliphatic heterocycles. The van der Waals surface area contributed by atoms with E-state index in [0.29, 0.717) is 5.02 Å². The number of amides is 1. The summed E-state index contributed by atoms with van der Waals surface area (Å²) < 4.78 is 15.4. The van der Waals surface area contributed by atoms with Gasteiger partial charge in [-0.15, -0.1) is 5.10 Å². The molecule has 2 heterocycles. The molecule has 1 N–H and O–H groups in total. The summed E-state index contributed by atoms with van der Waals surface area (Å²) in [6.07, 6.45) is 2.67. The number of benzene rings is 1. The van der Waals surface area contributed by atoms with E-state index >= 15 is 0 Å². The second kappa shape index (κ2) is 5.70. The molecule has 8 heteroatoms. The Bertz CT molecular complexity index is 1040. The fraction of sp³-hybridized carbons (Fsp3) is 0.235. The topological polar surface area (TPSA) is 68.4 Å². The van der Waals surface area contributed by atoms with Crippen LogP contribution in [0.25, 0.3) is 5.65 Å². The summed E-state index contributed by atoms with van der Waals surface area (Å²) in [5.74, 6) is -0.875. The Morgan fingerprint density at radius 3 is 2.84 bits per heavy atom. The molecular formula is C17H14ClFN4O2. The zero-order valence-electron chi connectivity index (χ0n) is 13.1. The van der Waals surface area contributed by atoms with Gasteiger partial charge < -0.3 is 5.32 Å². The Morgan fingerprint density at radius 1 is 1.32 bits per heavy atom. The van der Waals surface area contributed by atoms with Gasteiger partial charge in [0.1, 0.15) is 12.4 Å². The number of nitrogens with zero attached hydrogens (tertiary/aromatic N) is 3. The van der Waals surface area contributed by atoms with Gasteiger partial charge in [-0.05, 0) is 42.7 Å². The van der Waals surface area contributed by atoms with Crippen molar-refractivity contribution in [1.29, 1.82) is 0 Å². The van der Waals surface area contributed by atoms with E-state index in [-0.39, 0.29) is 18.1 Å². The smallest absolute Gasteiger partial charge is 0.345 e. The van der Waals surface area contributed by atoms with Crippen LogP contribution in [0.4, 0.5) is 4.39 Å². The number of pyridine rings is 1. The van der Waals surface area contributed by atoms with Gasteiger partial charge in [0, 0.05) is 5.02 Å². The first-order valence-corrected chi connectivity index (χ1v) is 8.16. The molecule has 0 bridgehead atoms. The van der Waals surface area contributed by atoms with Crippen molar-refractivity contribution in [1.82, 2.24) is 19.5 Å². The molecule has 0 saturated heterocycles. The Morgan fingerprint density at radius 2 is 2.12 bits per heavy atom. The van der Waals surface area contributed by atoms with Gasteiger partial charge in [-0.2, -0.15) is 0 Å². The first kappa shape index (κ1) is 15.8. The maximum Gasteiger partial charge on any atom is 0.350 e. The number of fused-ring (bicyclic) bond motifs is 1. The Hall–Kier alpha value is -2.67. The maximum atomic E-state index is 13.3. The molecule has 1 aromatic carbocycles. The number of hydrogen-bond acceptors (Lipinski definition) is 3. The number of halogens is 2. The zero-order chi connectivity index (χ0) is 17.6.